The van der Waals surface area contributed by atoms with E-state index in [1.54, 1.807) is 24.4 Å². The number of benzene rings is 2. The van der Waals surface area contributed by atoms with Gasteiger partial charge in [-0.3, -0.25) is 14.8 Å². The molecule has 8 nitrogen and oxygen atoms in total. The summed E-state index contributed by atoms with van der Waals surface area (Å²) in [5.41, 5.74) is 0.288. The lowest BCUT2D eigenvalue weighted by Crippen LogP contribution is -2.57. The van der Waals surface area contributed by atoms with Crippen LogP contribution in [-0.4, -0.2) is 80.2 Å². The van der Waals surface area contributed by atoms with E-state index in [1.165, 1.54) is 31.7 Å². The van der Waals surface area contributed by atoms with Gasteiger partial charge in [0.15, 0.2) is 5.82 Å². The van der Waals surface area contributed by atoms with Gasteiger partial charge >= 0.3 is 6.09 Å². The topological polar surface area (TPSA) is 74.7 Å². The number of amides is 1. The zero-order valence-corrected chi connectivity index (χ0v) is 27.4. The maximum atomic E-state index is 16.8. The van der Waals surface area contributed by atoms with E-state index in [4.69, 9.17) is 14.7 Å². The fraction of sp³-hybridized carbons (Fsp3) is 0.514. The minimum Gasteiger partial charge on any atom is -0.444 e. The number of hydrogen-bond acceptors (Lipinski definition) is 7. The molecule has 10 heteroatoms. The van der Waals surface area contributed by atoms with E-state index in [-0.39, 0.29) is 34.9 Å². The Morgan fingerprint density at radius 2 is 1.70 bits per heavy atom. The molecular weight excluding hydrogens is 598 g/mol. The van der Waals surface area contributed by atoms with Crippen molar-refractivity contribution >= 4 is 33.6 Å². The summed E-state index contributed by atoms with van der Waals surface area (Å²) in [6.45, 7) is 9.06. The van der Waals surface area contributed by atoms with Gasteiger partial charge in [0.25, 0.3) is 0 Å². The van der Waals surface area contributed by atoms with Crippen LogP contribution >= 0.6 is 0 Å². The number of carbonyl (C=O) groups is 1. The number of ether oxygens (including phenoxy) is 1. The number of anilines is 1. The van der Waals surface area contributed by atoms with Crippen LogP contribution in [0.5, 0.6) is 0 Å². The fourth-order valence-electron chi connectivity index (χ4n) is 8.79. The molecule has 4 fully saturated rings. The van der Waals surface area contributed by atoms with Gasteiger partial charge in [-0.1, -0.05) is 30.3 Å². The Kier molecular flexibility index (Phi) is 7.35. The van der Waals surface area contributed by atoms with Gasteiger partial charge in [0.05, 0.1) is 17.5 Å². The number of nitrogens with zero attached hydrogens (tertiary/aromatic N) is 6. The zero-order valence-electron chi connectivity index (χ0n) is 27.4. The lowest BCUT2D eigenvalue weighted by molar-refractivity contribution is 0.0123. The highest BCUT2D eigenvalue weighted by Gasteiger charge is 2.46. The molecule has 4 aliphatic heterocycles. The highest BCUT2D eigenvalue weighted by atomic mass is 19.1. The Labute approximate surface area is 274 Å². The first-order valence-electron chi connectivity index (χ1n) is 17.1. The van der Waals surface area contributed by atoms with Crippen molar-refractivity contribution in [1.82, 2.24) is 24.8 Å². The third kappa shape index (κ3) is 5.29. The molecule has 4 aromatic rings. The predicted molar refractivity (Wildman–Crippen MR) is 178 cm³/mol. The highest BCUT2D eigenvalue weighted by molar-refractivity contribution is 5.99. The Hall–Kier alpha value is -3.92. The van der Waals surface area contributed by atoms with E-state index in [0.29, 0.717) is 52.9 Å². The molecule has 0 spiro atoms. The van der Waals surface area contributed by atoms with Gasteiger partial charge in [-0.2, -0.15) is 0 Å². The standard InChI is InChI=1S/C37H42F2N6O2/c1-36(2,3)47-35(46)45-24-12-13-25(45)22-43(21-24)34-27-20-40-32(26-10-4-8-23-9-5-11-28(38)30(23)26)31(39)33(27)41-29(42-34)14-17-37-15-6-18-44(37)19-7-16-37/h4-5,8-11,20,24-25H,6-7,12-19,21-22H2,1-3H3. The number of rotatable bonds is 5. The molecule has 4 saturated heterocycles. The maximum Gasteiger partial charge on any atom is 0.410 e. The van der Waals surface area contributed by atoms with Crippen molar-refractivity contribution in [3.05, 3.63) is 60.1 Å². The van der Waals surface area contributed by atoms with E-state index in [1.807, 2.05) is 37.8 Å². The molecule has 2 bridgehead atoms. The van der Waals surface area contributed by atoms with Crippen molar-refractivity contribution in [2.75, 3.05) is 31.1 Å². The molecule has 0 saturated carbocycles. The summed E-state index contributed by atoms with van der Waals surface area (Å²) < 4.78 is 37.7. The molecule has 2 aromatic heterocycles. The molecule has 2 atom stereocenters. The number of halogens is 2. The number of fused-ring (bicyclic) bond motifs is 5. The van der Waals surface area contributed by atoms with Crippen LogP contribution in [0.25, 0.3) is 32.9 Å². The maximum absolute atomic E-state index is 16.8. The van der Waals surface area contributed by atoms with Crippen molar-refractivity contribution < 1.29 is 18.3 Å². The molecule has 47 heavy (non-hydrogen) atoms. The van der Waals surface area contributed by atoms with Crippen molar-refractivity contribution in [3.8, 4) is 11.3 Å². The van der Waals surface area contributed by atoms with Gasteiger partial charge in [-0.15, -0.1) is 0 Å². The largest absolute Gasteiger partial charge is 0.444 e. The van der Waals surface area contributed by atoms with Gasteiger partial charge in [0, 0.05) is 42.2 Å². The van der Waals surface area contributed by atoms with Crippen LogP contribution in [0.15, 0.2) is 42.6 Å². The normalized spacial score (nSPS) is 22.4. The molecule has 6 heterocycles. The van der Waals surface area contributed by atoms with Crippen LogP contribution in [0.2, 0.25) is 0 Å². The summed E-state index contributed by atoms with van der Waals surface area (Å²) in [5, 5.41) is 1.55. The van der Waals surface area contributed by atoms with E-state index in [9.17, 15) is 4.79 Å². The first kappa shape index (κ1) is 30.4. The highest BCUT2D eigenvalue weighted by Crippen LogP contribution is 2.43. The molecule has 8 rings (SSSR count). The molecule has 1 amide bonds. The molecule has 0 radical (unpaired) electrons. The zero-order chi connectivity index (χ0) is 32.5. The van der Waals surface area contributed by atoms with Gasteiger partial charge in [0.1, 0.15) is 34.3 Å². The monoisotopic (exact) mass is 640 g/mol. The summed E-state index contributed by atoms with van der Waals surface area (Å²) in [7, 11) is 0. The molecular formula is C37H42F2N6O2. The summed E-state index contributed by atoms with van der Waals surface area (Å²) >= 11 is 0. The average Bonchev–Trinajstić information content (AvgIpc) is 3.70. The third-order valence-electron chi connectivity index (χ3n) is 10.8. The number of aromatic nitrogens is 3. The lowest BCUT2D eigenvalue weighted by Gasteiger charge is -2.42. The van der Waals surface area contributed by atoms with Crippen LogP contribution in [0.3, 0.4) is 0 Å². The Bertz CT molecular complexity index is 1850. The molecule has 0 N–H and O–H groups in total. The molecule has 4 aliphatic rings. The fourth-order valence-corrected chi connectivity index (χ4v) is 8.79. The van der Waals surface area contributed by atoms with Crippen molar-refractivity contribution in [2.45, 2.75) is 95.4 Å². The smallest absolute Gasteiger partial charge is 0.410 e. The predicted octanol–water partition coefficient (Wildman–Crippen LogP) is 7.27. The van der Waals surface area contributed by atoms with Crippen molar-refractivity contribution in [2.24, 2.45) is 0 Å². The Balaban J connectivity index is 1.20. The number of pyridine rings is 1. The van der Waals surface area contributed by atoms with E-state index >= 15 is 8.78 Å². The van der Waals surface area contributed by atoms with E-state index < -0.39 is 17.2 Å². The number of aryl methyl sites for hydroxylation is 1. The summed E-state index contributed by atoms with van der Waals surface area (Å²) in [4.78, 5) is 34.5. The lowest BCUT2D eigenvalue weighted by atomic mass is 9.88. The summed E-state index contributed by atoms with van der Waals surface area (Å²) in [6, 6.07) is 10.1. The summed E-state index contributed by atoms with van der Waals surface area (Å²) in [6.07, 6.45) is 9.46. The van der Waals surface area contributed by atoms with Crippen molar-refractivity contribution in [1.29, 1.82) is 0 Å². The molecule has 246 valence electrons. The number of piperazine rings is 1. The summed E-state index contributed by atoms with van der Waals surface area (Å²) in [5.74, 6) is 0.279. The van der Waals surface area contributed by atoms with Gasteiger partial charge in [0.2, 0.25) is 0 Å². The molecule has 2 aromatic carbocycles. The van der Waals surface area contributed by atoms with Crippen molar-refractivity contribution in [3.63, 3.8) is 0 Å². The second kappa shape index (κ2) is 11.4. The Morgan fingerprint density at radius 1 is 1.00 bits per heavy atom. The molecule has 2 unspecified atom stereocenters. The van der Waals surface area contributed by atoms with Crippen LogP contribution in [0, 0.1) is 11.6 Å². The van der Waals surface area contributed by atoms with Gasteiger partial charge < -0.3 is 9.64 Å². The first-order chi connectivity index (χ1) is 22.6. The quantitative estimate of drug-likeness (QED) is 0.227. The van der Waals surface area contributed by atoms with E-state index in [2.05, 4.69) is 14.8 Å². The number of carbonyl (C=O) groups excluding carboxylic acids is 1. The van der Waals surface area contributed by atoms with Gasteiger partial charge in [-0.25, -0.2) is 23.5 Å². The average molecular weight is 641 g/mol. The molecule has 0 aliphatic carbocycles. The van der Waals surface area contributed by atoms with Crippen LogP contribution in [-0.2, 0) is 11.2 Å². The van der Waals surface area contributed by atoms with Crippen LogP contribution < -0.4 is 4.90 Å². The number of hydrogen-bond donors (Lipinski definition) is 0. The Morgan fingerprint density at radius 3 is 2.40 bits per heavy atom. The second-order valence-electron chi connectivity index (χ2n) is 14.9. The van der Waals surface area contributed by atoms with Crippen LogP contribution in [0.1, 0.15) is 71.5 Å². The van der Waals surface area contributed by atoms with Crippen LogP contribution in [0.4, 0.5) is 19.4 Å². The van der Waals surface area contributed by atoms with E-state index in [0.717, 1.165) is 32.4 Å². The minimum absolute atomic E-state index is 0.0303. The first-order valence-corrected chi connectivity index (χ1v) is 17.1. The second-order valence-corrected chi connectivity index (χ2v) is 14.9. The minimum atomic E-state index is -0.576. The third-order valence-corrected chi connectivity index (χ3v) is 10.8. The van der Waals surface area contributed by atoms with Gasteiger partial charge in [-0.05, 0) is 90.3 Å². The SMILES string of the molecule is CC(C)(C)OC(=O)N1C2CCC1CN(c1nc(CCC34CCCN3CCC4)nc3c(F)c(-c4cccc5cccc(F)c45)ncc13)C2.